The standard InChI is InChI=1S/C30H38N6O5.C2HF3O2/c1-34(2)30(29(40)41,13-12-27(31)38)26(37)19-35(17-22-9-5-8-21-7-3-4-11-25(21)22)18-24-10-6-14-36(24)28(39)15-23-16-32-20-33-23;3-2(4,5)1(6)7/h3-5,7-9,11,16,20,24H,6,10,12-15,17-19H2,1-2H3,(H2,31,38)(H,32,33)(H,40,41);(H,6,7)/t24-,30+;/m0./s1. The lowest BCUT2D eigenvalue weighted by molar-refractivity contribution is -0.192. The Hall–Kier alpha value is -4.83. The van der Waals surface area contributed by atoms with E-state index < -0.39 is 35.3 Å². The van der Waals surface area contributed by atoms with Crippen molar-refractivity contribution in [2.75, 3.05) is 33.7 Å². The van der Waals surface area contributed by atoms with Gasteiger partial charge >= 0.3 is 18.1 Å². The molecule has 2 atom stereocenters. The molecule has 2 heterocycles. The molecule has 13 nitrogen and oxygen atoms in total. The van der Waals surface area contributed by atoms with Crippen LogP contribution in [0.5, 0.6) is 0 Å². The SMILES string of the molecule is CN(C)[C@@](CCC(N)=O)(C(=O)O)C(=O)CN(Cc1cccc2ccccc12)C[C@@H]1CCCN1C(=O)Cc1cnc[nH]1.O=C(O)C(F)(F)F. The Kier molecular flexibility index (Phi) is 12.8. The van der Waals surface area contributed by atoms with E-state index in [1.54, 1.807) is 12.5 Å². The third-order valence-corrected chi connectivity index (χ3v) is 8.26. The Bertz CT molecular complexity index is 1590. The van der Waals surface area contributed by atoms with Crippen molar-refractivity contribution in [1.29, 1.82) is 0 Å². The second-order valence-electron chi connectivity index (χ2n) is 11.7. The summed E-state index contributed by atoms with van der Waals surface area (Å²) >= 11 is 0. The fourth-order valence-electron chi connectivity index (χ4n) is 5.82. The summed E-state index contributed by atoms with van der Waals surface area (Å²) in [4.78, 5) is 72.3. The molecule has 3 aromatic rings. The first-order chi connectivity index (χ1) is 22.6. The quantitative estimate of drug-likeness (QED) is 0.185. The van der Waals surface area contributed by atoms with E-state index in [0.717, 1.165) is 34.9 Å². The number of nitrogens with one attached hydrogen (secondary N) is 1. The highest BCUT2D eigenvalue weighted by Crippen LogP contribution is 2.26. The first kappa shape index (κ1) is 37.6. The van der Waals surface area contributed by atoms with Crippen molar-refractivity contribution in [2.45, 2.75) is 56.4 Å². The van der Waals surface area contributed by atoms with Crippen molar-refractivity contribution in [3.05, 3.63) is 66.2 Å². The molecule has 1 fully saturated rings. The number of nitrogens with two attached hydrogens (primary N) is 1. The summed E-state index contributed by atoms with van der Waals surface area (Å²) in [5.41, 5.74) is 5.15. The van der Waals surface area contributed by atoms with Crippen molar-refractivity contribution in [2.24, 2.45) is 5.73 Å². The summed E-state index contributed by atoms with van der Waals surface area (Å²) in [6, 6.07) is 13.8. The van der Waals surface area contributed by atoms with Crippen LogP contribution in [0.15, 0.2) is 55.0 Å². The highest BCUT2D eigenvalue weighted by molar-refractivity contribution is 6.09. The molecular weight excluding hydrogens is 637 g/mol. The number of carbonyl (C=O) groups excluding carboxylic acids is 3. The monoisotopic (exact) mass is 676 g/mol. The van der Waals surface area contributed by atoms with Gasteiger partial charge in [0.05, 0.1) is 19.3 Å². The minimum Gasteiger partial charge on any atom is -0.480 e. The zero-order chi connectivity index (χ0) is 35.6. The van der Waals surface area contributed by atoms with Crippen molar-refractivity contribution < 1.29 is 47.4 Å². The first-order valence-electron chi connectivity index (χ1n) is 15.0. The van der Waals surface area contributed by atoms with E-state index in [2.05, 4.69) is 9.97 Å². The summed E-state index contributed by atoms with van der Waals surface area (Å²) in [6.07, 6.45) is -0.567. The number of halogens is 3. The molecule has 48 heavy (non-hydrogen) atoms. The number of likely N-dealkylation sites (N-methyl/N-ethyl adjacent to an activating group) is 1. The number of benzene rings is 2. The van der Waals surface area contributed by atoms with Gasteiger partial charge in [0.25, 0.3) is 0 Å². The van der Waals surface area contributed by atoms with Gasteiger partial charge in [-0.1, -0.05) is 42.5 Å². The smallest absolute Gasteiger partial charge is 0.480 e. The van der Waals surface area contributed by atoms with Crippen LogP contribution in [0.4, 0.5) is 13.2 Å². The molecule has 0 bridgehead atoms. The van der Waals surface area contributed by atoms with E-state index in [1.807, 2.05) is 52.3 Å². The molecule has 260 valence electrons. The number of ketones is 1. The third-order valence-electron chi connectivity index (χ3n) is 8.26. The molecule has 1 aliphatic heterocycles. The van der Waals surface area contributed by atoms with Gasteiger partial charge in [-0.3, -0.25) is 24.2 Å². The van der Waals surface area contributed by atoms with Gasteiger partial charge in [-0.15, -0.1) is 0 Å². The van der Waals surface area contributed by atoms with Crippen LogP contribution >= 0.6 is 0 Å². The van der Waals surface area contributed by atoms with Gasteiger partial charge in [-0.25, -0.2) is 14.6 Å². The zero-order valence-electron chi connectivity index (χ0n) is 26.6. The number of hydrogen-bond acceptors (Lipinski definition) is 8. The maximum absolute atomic E-state index is 13.9. The van der Waals surface area contributed by atoms with E-state index in [1.165, 1.54) is 19.0 Å². The number of amides is 2. The Labute approximate surface area is 274 Å². The molecule has 0 unspecified atom stereocenters. The number of aromatic nitrogens is 2. The lowest BCUT2D eigenvalue weighted by atomic mass is 9.86. The van der Waals surface area contributed by atoms with Gasteiger partial charge < -0.3 is 25.8 Å². The summed E-state index contributed by atoms with van der Waals surface area (Å²) in [7, 11) is 3.05. The molecule has 0 saturated carbocycles. The van der Waals surface area contributed by atoms with Crippen LogP contribution in [0.3, 0.4) is 0 Å². The molecule has 5 N–H and O–H groups in total. The first-order valence-corrected chi connectivity index (χ1v) is 15.0. The fraction of sp³-hybridized carbons (Fsp3) is 0.438. The topological polar surface area (TPSA) is 190 Å². The Morgan fingerprint density at radius 1 is 1.04 bits per heavy atom. The summed E-state index contributed by atoms with van der Waals surface area (Å²) in [6.45, 7) is 1.21. The number of aliphatic carboxylic acids is 2. The second-order valence-corrected chi connectivity index (χ2v) is 11.7. The molecule has 1 aromatic heterocycles. The lowest BCUT2D eigenvalue weighted by Gasteiger charge is -2.37. The number of imidazole rings is 1. The minimum absolute atomic E-state index is 0.0252. The van der Waals surface area contributed by atoms with Gasteiger partial charge in [0, 0.05) is 44.0 Å². The van der Waals surface area contributed by atoms with Crippen LogP contribution in [0.1, 0.15) is 36.9 Å². The van der Waals surface area contributed by atoms with Gasteiger partial charge in [-0.05, 0) is 49.7 Å². The van der Waals surface area contributed by atoms with Crippen LogP contribution in [0, 0.1) is 0 Å². The number of carbonyl (C=O) groups is 5. The predicted molar refractivity (Wildman–Crippen MR) is 167 cm³/mol. The number of fused-ring (bicyclic) bond motifs is 1. The van der Waals surface area contributed by atoms with Crippen LogP contribution in [0.2, 0.25) is 0 Å². The number of carboxylic acid groups (broad SMARTS) is 2. The largest absolute Gasteiger partial charge is 0.490 e. The molecule has 4 rings (SSSR count). The number of primary amides is 1. The van der Waals surface area contributed by atoms with Crippen LogP contribution in [-0.4, -0.2) is 116 Å². The minimum atomic E-state index is -5.08. The normalized spacial score (nSPS) is 16.0. The van der Waals surface area contributed by atoms with Crippen LogP contribution in [0.25, 0.3) is 10.8 Å². The fourth-order valence-corrected chi connectivity index (χ4v) is 5.82. The number of carboxylic acids is 2. The Balaban J connectivity index is 0.000000804. The van der Waals surface area contributed by atoms with E-state index >= 15 is 0 Å². The van der Waals surface area contributed by atoms with Gasteiger partial charge in [-0.2, -0.15) is 13.2 Å². The third kappa shape index (κ3) is 9.60. The molecule has 1 saturated heterocycles. The average molecular weight is 677 g/mol. The highest BCUT2D eigenvalue weighted by atomic mass is 19.4. The second kappa shape index (κ2) is 16.3. The number of likely N-dealkylation sites (tertiary alicyclic amines) is 1. The van der Waals surface area contributed by atoms with Crippen LogP contribution in [-0.2, 0) is 36.9 Å². The van der Waals surface area contributed by atoms with E-state index in [9.17, 15) is 37.5 Å². The van der Waals surface area contributed by atoms with Crippen molar-refractivity contribution >= 4 is 40.3 Å². The van der Waals surface area contributed by atoms with Gasteiger partial charge in [0.1, 0.15) is 0 Å². The van der Waals surface area contributed by atoms with E-state index in [-0.39, 0.29) is 37.8 Å². The molecule has 1 aliphatic rings. The Morgan fingerprint density at radius 2 is 1.71 bits per heavy atom. The van der Waals surface area contributed by atoms with E-state index in [4.69, 9.17) is 15.6 Å². The molecule has 0 spiro atoms. The number of alkyl halides is 3. The van der Waals surface area contributed by atoms with Crippen molar-refractivity contribution in [1.82, 2.24) is 24.7 Å². The maximum Gasteiger partial charge on any atom is 0.490 e. The lowest BCUT2D eigenvalue weighted by Crippen LogP contribution is -2.60. The van der Waals surface area contributed by atoms with Gasteiger partial charge in [0.2, 0.25) is 11.8 Å². The Morgan fingerprint density at radius 3 is 2.29 bits per heavy atom. The summed E-state index contributed by atoms with van der Waals surface area (Å²) < 4.78 is 31.7. The average Bonchev–Trinajstić information content (AvgIpc) is 3.69. The molecule has 2 amide bonds. The molecular formula is C32H39F3N6O7. The predicted octanol–water partition coefficient (Wildman–Crippen LogP) is 2.45. The number of aromatic amines is 1. The zero-order valence-corrected chi connectivity index (χ0v) is 26.6. The molecule has 16 heteroatoms. The summed E-state index contributed by atoms with van der Waals surface area (Å²) in [5.74, 6) is -5.31. The van der Waals surface area contributed by atoms with Crippen molar-refractivity contribution in [3.8, 4) is 0 Å². The number of Topliss-reactive ketones (excluding diaryl/α,β-unsaturated/α-hetero) is 1. The van der Waals surface area contributed by atoms with E-state index in [0.29, 0.717) is 19.6 Å². The highest BCUT2D eigenvalue weighted by Gasteiger charge is 2.48. The molecule has 0 radical (unpaired) electrons. The van der Waals surface area contributed by atoms with Gasteiger partial charge in [0.15, 0.2) is 11.3 Å². The number of rotatable bonds is 14. The number of H-pyrrole nitrogens is 1. The van der Waals surface area contributed by atoms with Crippen LogP contribution < -0.4 is 5.73 Å². The summed E-state index contributed by atoms with van der Waals surface area (Å²) in [5, 5.41) is 19.5. The maximum atomic E-state index is 13.9. The van der Waals surface area contributed by atoms with Crippen molar-refractivity contribution in [3.63, 3.8) is 0 Å². The molecule has 2 aromatic carbocycles. The molecule has 0 aliphatic carbocycles. The number of hydrogen-bond donors (Lipinski definition) is 4. The number of nitrogens with zero attached hydrogens (tertiary/aromatic N) is 4.